The second-order valence-corrected chi connectivity index (χ2v) is 7.89. The Morgan fingerprint density at radius 2 is 1.70 bits per heavy atom. The summed E-state index contributed by atoms with van der Waals surface area (Å²) in [6, 6.07) is 25.1. The molecule has 0 radical (unpaired) electrons. The van der Waals surface area contributed by atoms with E-state index in [4.69, 9.17) is 8.83 Å². The molecule has 0 bridgehead atoms. The molecule has 0 saturated heterocycles. The molecule has 0 aliphatic heterocycles. The van der Waals surface area contributed by atoms with Crippen molar-refractivity contribution in [2.75, 3.05) is 5.32 Å². The molecule has 0 unspecified atom stereocenters. The van der Waals surface area contributed by atoms with Crippen molar-refractivity contribution in [3.05, 3.63) is 102 Å². The van der Waals surface area contributed by atoms with Crippen molar-refractivity contribution < 1.29 is 13.6 Å². The number of nitrogens with one attached hydrogen (secondary N) is 1. The highest BCUT2D eigenvalue weighted by Gasteiger charge is 2.10. The Kier molecular flexibility index (Phi) is 5.37. The molecular formula is C28H22N2O3. The zero-order chi connectivity index (χ0) is 22.8. The molecule has 2 heterocycles. The molecular weight excluding hydrogens is 412 g/mol. The highest BCUT2D eigenvalue weighted by molar-refractivity contribution is 6.02. The van der Waals surface area contributed by atoms with Crippen molar-refractivity contribution in [3.63, 3.8) is 0 Å². The minimum Gasteiger partial charge on any atom is -0.457 e. The molecule has 3 aromatic carbocycles. The molecule has 0 aliphatic rings. The van der Waals surface area contributed by atoms with E-state index in [0.717, 1.165) is 16.9 Å². The highest BCUT2D eigenvalue weighted by Crippen LogP contribution is 2.27. The summed E-state index contributed by atoms with van der Waals surface area (Å²) in [6.07, 6.45) is 3.09. The molecule has 5 rings (SSSR count). The summed E-state index contributed by atoms with van der Waals surface area (Å²) in [6.45, 7) is 4.14. The van der Waals surface area contributed by atoms with Crippen LogP contribution in [0.25, 0.3) is 40.0 Å². The van der Waals surface area contributed by atoms with Gasteiger partial charge in [-0.1, -0.05) is 36.4 Å². The van der Waals surface area contributed by atoms with E-state index in [9.17, 15) is 4.79 Å². The maximum absolute atomic E-state index is 12.4. The van der Waals surface area contributed by atoms with Crippen LogP contribution >= 0.6 is 0 Å². The van der Waals surface area contributed by atoms with Crippen LogP contribution in [-0.2, 0) is 4.79 Å². The van der Waals surface area contributed by atoms with Crippen LogP contribution in [0.5, 0.6) is 0 Å². The van der Waals surface area contributed by atoms with Crippen molar-refractivity contribution in [2.24, 2.45) is 0 Å². The minimum atomic E-state index is -0.259. The molecule has 2 aromatic heterocycles. The van der Waals surface area contributed by atoms with Gasteiger partial charge in [-0.2, -0.15) is 0 Å². The Bertz CT molecular complexity index is 1480. The zero-order valence-electron chi connectivity index (χ0n) is 18.3. The fourth-order valence-electron chi connectivity index (χ4n) is 3.54. The number of carbonyl (C=O) groups is 1. The number of aromatic nitrogens is 1. The average Bonchev–Trinajstić information content (AvgIpc) is 3.47. The smallest absolute Gasteiger partial charge is 0.248 e. The number of oxazole rings is 1. The van der Waals surface area contributed by atoms with E-state index in [1.54, 1.807) is 18.2 Å². The average molecular weight is 434 g/mol. The Hall–Kier alpha value is -4.38. The topological polar surface area (TPSA) is 68.3 Å². The lowest BCUT2D eigenvalue weighted by Gasteiger charge is -2.01. The molecule has 0 aliphatic carbocycles. The van der Waals surface area contributed by atoms with E-state index in [1.807, 2.05) is 54.6 Å². The van der Waals surface area contributed by atoms with E-state index < -0.39 is 0 Å². The fraction of sp³-hybridized carbons (Fsp3) is 0.0714. The Balaban J connectivity index is 1.29. The highest BCUT2D eigenvalue weighted by atomic mass is 16.3. The van der Waals surface area contributed by atoms with Crippen LogP contribution in [0.2, 0.25) is 0 Å². The molecule has 162 valence electrons. The SMILES string of the molecule is Cc1ccc(-c2nc3cc(NC(=O)/C=C/c4ccc(-c5ccccc5)o4)ccc3o2)cc1C. The van der Waals surface area contributed by atoms with Crippen LogP contribution in [0.4, 0.5) is 5.69 Å². The summed E-state index contributed by atoms with van der Waals surface area (Å²) < 4.78 is 11.7. The van der Waals surface area contributed by atoms with Crippen molar-refractivity contribution in [1.29, 1.82) is 0 Å². The van der Waals surface area contributed by atoms with Gasteiger partial charge in [-0.3, -0.25) is 4.79 Å². The number of anilines is 1. The molecule has 0 atom stereocenters. The molecule has 0 spiro atoms. The number of furan rings is 1. The van der Waals surface area contributed by atoms with Crippen LogP contribution in [0.15, 0.2) is 93.8 Å². The van der Waals surface area contributed by atoms with E-state index in [2.05, 4.69) is 36.3 Å². The van der Waals surface area contributed by atoms with Crippen molar-refractivity contribution >= 4 is 28.8 Å². The molecule has 5 nitrogen and oxygen atoms in total. The van der Waals surface area contributed by atoms with Gasteiger partial charge in [0.1, 0.15) is 17.0 Å². The Labute approximate surface area is 191 Å². The van der Waals surface area contributed by atoms with Crippen molar-refractivity contribution in [3.8, 4) is 22.8 Å². The first-order valence-corrected chi connectivity index (χ1v) is 10.7. The largest absolute Gasteiger partial charge is 0.457 e. The lowest BCUT2D eigenvalue weighted by Crippen LogP contribution is -2.07. The second kappa shape index (κ2) is 8.63. The summed E-state index contributed by atoms with van der Waals surface area (Å²) in [5.41, 5.74) is 6.31. The number of carbonyl (C=O) groups excluding carboxylic acids is 1. The van der Waals surface area contributed by atoms with Crippen LogP contribution in [0, 0.1) is 13.8 Å². The predicted octanol–water partition coefficient (Wildman–Crippen LogP) is 7.02. The second-order valence-electron chi connectivity index (χ2n) is 7.89. The van der Waals surface area contributed by atoms with E-state index >= 15 is 0 Å². The number of fused-ring (bicyclic) bond motifs is 1. The van der Waals surface area contributed by atoms with Gasteiger partial charge in [-0.15, -0.1) is 0 Å². The van der Waals surface area contributed by atoms with E-state index in [1.165, 1.54) is 17.2 Å². The van der Waals surface area contributed by atoms with E-state index in [0.29, 0.717) is 28.4 Å². The monoisotopic (exact) mass is 434 g/mol. The molecule has 33 heavy (non-hydrogen) atoms. The van der Waals surface area contributed by atoms with Gasteiger partial charge in [0.15, 0.2) is 5.58 Å². The van der Waals surface area contributed by atoms with Crippen LogP contribution in [0.3, 0.4) is 0 Å². The van der Waals surface area contributed by atoms with Gasteiger partial charge in [-0.25, -0.2) is 4.98 Å². The first-order valence-electron chi connectivity index (χ1n) is 10.7. The number of nitrogens with zero attached hydrogens (tertiary/aromatic N) is 1. The third kappa shape index (κ3) is 4.48. The van der Waals surface area contributed by atoms with Crippen molar-refractivity contribution in [1.82, 2.24) is 4.98 Å². The van der Waals surface area contributed by atoms with Crippen molar-refractivity contribution in [2.45, 2.75) is 13.8 Å². The van der Waals surface area contributed by atoms with Gasteiger partial charge in [0.2, 0.25) is 11.8 Å². The van der Waals surface area contributed by atoms with E-state index in [-0.39, 0.29) is 5.91 Å². The molecule has 1 amide bonds. The lowest BCUT2D eigenvalue weighted by atomic mass is 10.1. The van der Waals surface area contributed by atoms with Crippen LogP contribution in [0.1, 0.15) is 16.9 Å². The molecule has 5 aromatic rings. The normalized spacial score (nSPS) is 11.3. The van der Waals surface area contributed by atoms with Gasteiger partial charge in [-0.05, 0) is 73.5 Å². The number of amides is 1. The standard InChI is InChI=1S/C28H22N2O3/c1-18-8-9-21(16-19(18)2)28-30-24-17-22(10-13-26(24)33-28)29-27(31)15-12-23-11-14-25(32-23)20-6-4-3-5-7-20/h3-17H,1-2H3,(H,29,31)/b15-12+. The maximum atomic E-state index is 12.4. The number of hydrogen-bond donors (Lipinski definition) is 1. The predicted molar refractivity (Wildman–Crippen MR) is 131 cm³/mol. The molecule has 5 heteroatoms. The quantitative estimate of drug-likeness (QED) is 0.302. The zero-order valence-corrected chi connectivity index (χ0v) is 18.3. The number of hydrogen-bond acceptors (Lipinski definition) is 4. The Morgan fingerprint density at radius 1 is 0.848 bits per heavy atom. The first-order chi connectivity index (χ1) is 16.0. The lowest BCUT2D eigenvalue weighted by molar-refractivity contribution is -0.111. The summed E-state index contributed by atoms with van der Waals surface area (Å²) in [5.74, 6) is 1.66. The fourth-order valence-corrected chi connectivity index (χ4v) is 3.54. The number of aryl methyl sites for hydroxylation is 2. The summed E-state index contributed by atoms with van der Waals surface area (Å²) in [5, 5.41) is 2.86. The first kappa shape index (κ1) is 20.5. The minimum absolute atomic E-state index is 0.259. The third-order valence-corrected chi connectivity index (χ3v) is 5.49. The third-order valence-electron chi connectivity index (χ3n) is 5.49. The summed E-state index contributed by atoms with van der Waals surface area (Å²) >= 11 is 0. The van der Waals surface area contributed by atoms with Gasteiger partial charge in [0.25, 0.3) is 0 Å². The van der Waals surface area contributed by atoms with Gasteiger partial charge < -0.3 is 14.2 Å². The number of rotatable bonds is 5. The molecule has 0 fully saturated rings. The van der Waals surface area contributed by atoms with Gasteiger partial charge in [0.05, 0.1) is 0 Å². The Morgan fingerprint density at radius 3 is 2.52 bits per heavy atom. The summed E-state index contributed by atoms with van der Waals surface area (Å²) in [7, 11) is 0. The molecule has 1 N–H and O–H groups in total. The molecule has 0 saturated carbocycles. The maximum Gasteiger partial charge on any atom is 0.248 e. The summed E-state index contributed by atoms with van der Waals surface area (Å²) in [4.78, 5) is 17.0. The van der Waals surface area contributed by atoms with Crippen LogP contribution in [-0.4, -0.2) is 10.9 Å². The van der Waals surface area contributed by atoms with Gasteiger partial charge >= 0.3 is 0 Å². The van der Waals surface area contributed by atoms with Crippen LogP contribution < -0.4 is 5.32 Å². The number of benzene rings is 3. The van der Waals surface area contributed by atoms with Gasteiger partial charge in [0, 0.05) is 22.9 Å².